The number of nitrogens with zero attached hydrogens (tertiary/aromatic N) is 2. The Morgan fingerprint density at radius 2 is 1.81 bits per heavy atom. The smallest absolute Gasteiger partial charge is 0.355 e. The average molecular weight is 507 g/mol. The summed E-state index contributed by atoms with van der Waals surface area (Å²) in [6.45, 7) is 1.62. The third kappa shape index (κ3) is 3.73. The second-order valence-corrected chi connectivity index (χ2v) is 8.63. The third-order valence-electron chi connectivity index (χ3n) is 6.44. The SMILES string of the molecule is CCOC(=O)C1(C#N)[C@H](c2cccc(Cl)c2)C(C(=O)OC)=C(C(=O)OC)N2C=Cc3ccccc3[C@@H]21. The van der Waals surface area contributed by atoms with E-state index < -0.39 is 35.3 Å². The molecule has 0 spiro atoms. The lowest BCUT2D eigenvalue weighted by atomic mass is 9.59. The number of carbonyl (C=O) groups excluding carboxylic acids is 3. The van der Waals surface area contributed by atoms with E-state index in [9.17, 15) is 19.6 Å². The van der Waals surface area contributed by atoms with Gasteiger partial charge in [0.05, 0.1) is 44.4 Å². The van der Waals surface area contributed by atoms with Crippen molar-refractivity contribution in [3.05, 3.63) is 87.7 Å². The lowest BCUT2D eigenvalue weighted by Crippen LogP contribution is -2.55. The van der Waals surface area contributed by atoms with E-state index in [0.29, 0.717) is 16.1 Å². The predicted molar refractivity (Wildman–Crippen MR) is 130 cm³/mol. The fourth-order valence-corrected chi connectivity index (χ4v) is 5.24. The van der Waals surface area contributed by atoms with Crippen molar-refractivity contribution in [3.63, 3.8) is 0 Å². The molecular formula is C27H23ClN2O6. The van der Waals surface area contributed by atoms with Crippen molar-refractivity contribution >= 4 is 35.6 Å². The van der Waals surface area contributed by atoms with Gasteiger partial charge in [0.2, 0.25) is 0 Å². The Balaban J connectivity index is 2.21. The molecule has 0 aromatic heterocycles. The lowest BCUT2D eigenvalue weighted by Gasteiger charge is -2.50. The molecule has 4 rings (SSSR count). The second kappa shape index (κ2) is 9.88. The first-order chi connectivity index (χ1) is 17.3. The first-order valence-corrected chi connectivity index (χ1v) is 11.5. The highest BCUT2D eigenvalue weighted by Gasteiger charge is 2.64. The van der Waals surface area contributed by atoms with E-state index in [2.05, 4.69) is 6.07 Å². The van der Waals surface area contributed by atoms with E-state index in [1.54, 1.807) is 55.6 Å². The molecule has 0 N–H and O–H groups in total. The van der Waals surface area contributed by atoms with Crippen LogP contribution >= 0.6 is 11.6 Å². The molecule has 1 unspecified atom stereocenters. The Bertz CT molecular complexity index is 1340. The van der Waals surface area contributed by atoms with Gasteiger partial charge in [-0.05, 0) is 41.8 Å². The minimum absolute atomic E-state index is 0.00410. The molecule has 184 valence electrons. The fourth-order valence-electron chi connectivity index (χ4n) is 5.04. The van der Waals surface area contributed by atoms with E-state index in [0.717, 1.165) is 12.7 Å². The van der Waals surface area contributed by atoms with Crippen LogP contribution in [0, 0.1) is 16.7 Å². The van der Waals surface area contributed by atoms with Crippen molar-refractivity contribution in [2.24, 2.45) is 5.41 Å². The molecule has 0 saturated carbocycles. The molecule has 9 heteroatoms. The number of carbonyl (C=O) groups is 3. The Kier molecular flexibility index (Phi) is 6.86. The van der Waals surface area contributed by atoms with Gasteiger partial charge in [0.15, 0.2) is 5.41 Å². The van der Waals surface area contributed by atoms with Crippen LogP contribution in [0.25, 0.3) is 6.08 Å². The van der Waals surface area contributed by atoms with E-state index in [-0.39, 0.29) is 17.9 Å². The Hall–Kier alpha value is -4.09. The molecular weight excluding hydrogens is 484 g/mol. The monoisotopic (exact) mass is 506 g/mol. The number of ether oxygens (including phenoxy) is 3. The molecule has 2 aliphatic rings. The van der Waals surface area contributed by atoms with Gasteiger partial charge in [-0.1, -0.05) is 48.0 Å². The standard InChI is InChI=1S/C27H23ClN2O6/c1-4-36-26(33)27(15-29)21(17-9-7-10-18(28)14-17)20(24(31)34-2)22(25(32)35-3)30-13-12-16-8-5-6-11-19(16)23(27)30/h5-14,21,23H,4H2,1-3H3/t21-,23-,27?/m1/s1. The van der Waals surface area contributed by atoms with Crippen LogP contribution < -0.4 is 0 Å². The van der Waals surface area contributed by atoms with Crippen LogP contribution in [0.3, 0.4) is 0 Å². The summed E-state index contributed by atoms with van der Waals surface area (Å²) in [4.78, 5) is 41.9. The maximum atomic E-state index is 13.9. The maximum Gasteiger partial charge on any atom is 0.355 e. The summed E-state index contributed by atoms with van der Waals surface area (Å²) < 4.78 is 15.6. The van der Waals surface area contributed by atoms with Gasteiger partial charge in [-0.25, -0.2) is 9.59 Å². The van der Waals surface area contributed by atoms with Crippen molar-refractivity contribution in [1.29, 1.82) is 5.26 Å². The normalized spacial score (nSPS) is 22.1. The highest BCUT2D eigenvalue weighted by atomic mass is 35.5. The second-order valence-electron chi connectivity index (χ2n) is 8.19. The van der Waals surface area contributed by atoms with Crippen LogP contribution in [0.1, 0.15) is 35.6 Å². The van der Waals surface area contributed by atoms with Crippen molar-refractivity contribution in [1.82, 2.24) is 4.90 Å². The number of halogens is 1. The van der Waals surface area contributed by atoms with Crippen molar-refractivity contribution in [3.8, 4) is 6.07 Å². The van der Waals surface area contributed by atoms with E-state index in [1.165, 1.54) is 12.0 Å². The number of fused-ring (bicyclic) bond motifs is 3. The minimum Gasteiger partial charge on any atom is -0.466 e. The number of methoxy groups -OCH3 is 2. The zero-order valence-electron chi connectivity index (χ0n) is 19.9. The molecule has 0 fully saturated rings. The molecule has 2 heterocycles. The van der Waals surface area contributed by atoms with Crippen LogP contribution in [0.2, 0.25) is 5.02 Å². The van der Waals surface area contributed by atoms with Crippen LogP contribution in [0.4, 0.5) is 0 Å². The summed E-state index contributed by atoms with van der Waals surface area (Å²) >= 11 is 6.30. The van der Waals surface area contributed by atoms with Gasteiger partial charge in [0, 0.05) is 11.2 Å². The largest absolute Gasteiger partial charge is 0.466 e. The van der Waals surface area contributed by atoms with E-state index >= 15 is 0 Å². The van der Waals surface area contributed by atoms with Crippen LogP contribution in [0.15, 0.2) is 66.0 Å². The zero-order chi connectivity index (χ0) is 26.0. The highest BCUT2D eigenvalue weighted by Crippen LogP contribution is 2.59. The predicted octanol–water partition coefficient (Wildman–Crippen LogP) is 4.14. The van der Waals surface area contributed by atoms with Crippen LogP contribution in [-0.2, 0) is 28.6 Å². The van der Waals surface area contributed by atoms with Crippen molar-refractivity contribution in [2.45, 2.75) is 18.9 Å². The van der Waals surface area contributed by atoms with Gasteiger partial charge in [-0.3, -0.25) is 4.79 Å². The van der Waals surface area contributed by atoms with Gasteiger partial charge in [-0.2, -0.15) is 5.26 Å². The number of benzene rings is 2. The molecule has 2 aromatic carbocycles. The highest BCUT2D eigenvalue weighted by molar-refractivity contribution is 6.30. The molecule has 36 heavy (non-hydrogen) atoms. The van der Waals surface area contributed by atoms with E-state index in [1.807, 2.05) is 12.1 Å². The molecule has 2 aromatic rings. The molecule has 0 aliphatic carbocycles. The van der Waals surface area contributed by atoms with Gasteiger partial charge in [0.1, 0.15) is 5.70 Å². The minimum atomic E-state index is -2.01. The molecule has 8 nitrogen and oxygen atoms in total. The molecule has 2 aliphatic heterocycles. The van der Waals surface area contributed by atoms with E-state index in [4.69, 9.17) is 25.8 Å². The number of esters is 3. The summed E-state index contributed by atoms with van der Waals surface area (Å²) in [5.74, 6) is -3.84. The molecule has 3 atom stereocenters. The van der Waals surface area contributed by atoms with Crippen molar-refractivity contribution in [2.75, 3.05) is 20.8 Å². The average Bonchev–Trinajstić information content (AvgIpc) is 2.90. The molecule has 0 bridgehead atoms. The van der Waals surface area contributed by atoms with Gasteiger partial charge in [-0.15, -0.1) is 0 Å². The lowest BCUT2D eigenvalue weighted by molar-refractivity contribution is -0.159. The Morgan fingerprint density at radius 1 is 1.08 bits per heavy atom. The molecule has 0 radical (unpaired) electrons. The zero-order valence-corrected chi connectivity index (χ0v) is 20.6. The summed E-state index contributed by atoms with van der Waals surface area (Å²) in [6, 6.07) is 14.8. The number of hydrogen-bond donors (Lipinski definition) is 0. The van der Waals surface area contributed by atoms with Crippen molar-refractivity contribution < 1.29 is 28.6 Å². The number of nitriles is 1. The maximum absolute atomic E-state index is 13.9. The molecule has 0 saturated heterocycles. The Morgan fingerprint density at radius 3 is 2.44 bits per heavy atom. The number of rotatable bonds is 5. The van der Waals surface area contributed by atoms with Crippen LogP contribution in [0.5, 0.6) is 0 Å². The quantitative estimate of drug-likeness (QED) is 0.440. The van der Waals surface area contributed by atoms with Gasteiger partial charge < -0.3 is 19.1 Å². The first kappa shape index (κ1) is 25.0. The summed E-state index contributed by atoms with van der Waals surface area (Å²) in [7, 11) is 2.35. The van der Waals surface area contributed by atoms with Gasteiger partial charge >= 0.3 is 17.9 Å². The summed E-state index contributed by atoms with van der Waals surface area (Å²) in [6.07, 6.45) is 3.29. The topological polar surface area (TPSA) is 106 Å². The molecule has 0 amide bonds. The van der Waals surface area contributed by atoms with Gasteiger partial charge in [0.25, 0.3) is 0 Å². The fraction of sp³-hybridized carbons (Fsp3) is 0.259. The summed E-state index contributed by atoms with van der Waals surface area (Å²) in [5.41, 5.74) is -0.639. The summed E-state index contributed by atoms with van der Waals surface area (Å²) in [5, 5.41) is 11.2. The number of hydrogen-bond acceptors (Lipinski definition) is 8. The first-order valence-electron chi connectivity index (χ1n) is 11.2. The third-order valence-corrected chi connectivity index (χ3v) is 6.67. The Labute approximate surface area is 213 Å². The van der Waals surface area contributed by atoms with Crippen LogP contribution in [-0.4, -0.2) is 43.6 Å².